The summed E-state index contributed by atoms with van der Waals surface area (Å²) in [5, 5.41) is 26.3. The Morgan fingerprint density at radius 2 is 1.97 bits per heavy atom. The van der Waals surface area contributed by atoms with Gasteiger partial charge >= 0.3 is 0 Å². The van der Waals surface area contributed by atoms with Crippen molar-refractivity contribution in [3.05, 3.63) is 23.0 Å². The quantitative estimate of drug-likeness (QED) is 0.528. The molecule has 1 aromatic heterocycles. The number of carbonyl (C=O) groups excluding carboxylic acids is 2. The highest BCUT2D eigenvalue weighted by Gasteiger charge is 2.65. The number of halogens is 1. The molecule has 7 heteroatoms. The molecule has 1 aromatic rings. The highest BCUT2D eigenvalue weighted by molar-refractivity contribution is 9.09. The Labute approximate surface area is 222 Å². The first-order chi connectivity index (χ1) is 17.2. The van der Waals surface area contributed by atoms with Gasteiger partial charge in [0, 0.05) is 29.6 Å². The van der Waals surface area contributed by atoms with Gasteiger partial charge in [0.05, 0.1) is 23.9 Å². The number of carbonyl (C=O) groups is 2. The normalized spacial score (nSPS) is 43.4. The van der Waals surface area contributed by atoms with Crippen LogP contribution in [0.15, 0.2) is 11.8 Å². The van der Waals surface area contributed by atoms with Crippen LogP contribution in [-0.2, 0) is 22.6 Å². The van der Waals surface area contributed by atoms with Gasteiger partial charge < -0.3 is 10.2 Å². The fourth-order valence-electron chi connectivity index (χ4n) is 9.51. The minimum atomic E-state index is -0.771. The minimum absolute atomic E-state index is 0.0863. The number of nitrogens with zero attached hydrogens (tertiary/aromatic N) is 2. The number of rotatable bonds is 5. The van der Waals surface area contributed by atoms with E-state index >= 15 is 0 Å². The number of allylic oxidation sites excluding steroid dienone is 1. The van der Waals surface area contributed by atoms with E-state index in [2.05, 4.69) is 33.6 Å². The first kappa shape index (κ1) is 25.0. The number of hydrogen-bond acceptors (Lipinski definition) is 5. The predicted molar refractivity (Wildman–Crippen MR) is 140 cm³/mol. The van der Waals surface area contributed by atoms with Crippen molar-refractivity contribution in [2.24, 2.45) is 46.3 Å². The smallest absolute Gasteiger partial charge is 0.164 e. The molecule has 5 aliphatic rings. The standard InChI is InChI=1S/C29H39BrN2O4/c1-28-10-18-13-31-32(14-17-4-3-16(7-17)12-30)22(18)8-19(28)5-6-20-21-9-23(34)27(25(36)15-33)29(21,2)11-24(35)26(20)28/h8,13,16-17,20-21,23,26-27,33-34H,3-7,9-12,14-15H2,1-2H3/t16?,17?,20-,21-,23+,26?,27+,28-,29-/m0/s1. The van der Waals surface area contributed by atoms with Crippen LogP contribution in [0.5, 0.6) is 0 Å². The number of aliphatic hydroxyl groups excluding tert-OH is 2. The van der Waals surface area contributed by atoms with Crippen molar-refractivity contribution in [3.8, 4) is 0 Å². The van der Waals surface area contributed by atoms with Gasteiger partial charge in [0.25, 0.3) is 0 Å². The first-order valence-corrected chi connectivity index (χ1v) is 15.0. The Balaban J connectivity index is 1.28. The van der Waals surface area contributed by atoms with E-state index in [9.17, 15) is 19.8 Å². The van der Waals surface area contributed by atoms with Crippen molar-refractivity contribution in [2.45, 2.75) is 77.9 Å². The van der Waals surface area contributed by atoms with E-state index in [4.69, 9.17) is 5.10 Å². The van der Waals surface area contributed by atoms with E-state index in [0.29, 0.717) is 18.8 Å². The van der Waals surface area contributed by atoms with Gasteiger partial charge in [-0.3, -0.25) is 14.3 Å². The average Bonchev–Trinajstić information content (AvgIpc) is 3.52. The Morgan fingerprint density at radius 3 is 2.69 bits per heavy atom. The topological polar surface area (TPSA) is 92.4 Å². The molecule has 0 radical (unpaired) electrons. The number of Topliss-reactive ketones (excluding diaryl/α,β-unsaturated/α-hetero) is 2. The monoisotopic (exact) mass is 558 g/mol. The predicted octanol–water partition coefficient (Wildman–Crippen LogP) is 4.20. The van der Waals surface area contributed by atoms with Crippen LogP contribution in [0.1, 0.15) is 70.1 Å². The zero-order valence-corrected chi connectivity index (χ0v) is 23.0. The second kappa shape index (κ2) is 8.88. The highest BCUT2D eigenvalue weighted by Crippen LogP contribution is 2.65. The molecule has 0 amide bonds. The van der Waals surface area contributed by atoms with Gasteiger partial charge in [0.1, 0.15) is 12.4 Å². The highest BCUT2D eigenvalue weighted by atomic mass is 79.9. The summed E-state index contributed by atoms with van der Waals surface area (Å²) < 4.78 is 2.22. The van der Waals surface area contributed by atoms with Gasteiger partial charge in [0.2, 0.25) is 0 Å². The van der Waals surface area contributed by atoms with Crippen molar-refractivity contribution < 1.29 is 19.8 Å². The molecule has 0 bridgehead atoms. The molecule has 5 aliphatic carbocycles. The second-order valence-electron chi connectivity index (χ2n) is 13.0. The van der Waals surface area contributed by atoms with Gasteiger partial charge in [-0.15, -0.1) is 0 Å². The summed E-state index contributed by atoms with van der Waals surface area (Å²) >= 11 is 3.65. The SMILES string of the molecule is C[C@]12CC(=O)C3[C@@H](CCC4=Cc5c(cnn5CC5CCC(CBr)C5)C[C@@]43C)[C@@H]1C[C@@H](O)[C@@H]2C(=O)CO. The van der Waals surface area contributed by atoms with E-state index in [1.807, 2.05) is 13.1 Å². The summed E-state index contributed by atoms with van der Waals surface area (Å²) in [6.07, 6.45) is 11.0. The van der Waals surface area contributed by atoms with Crippen molar-refractivity contribution >= 4 is 33.6 Å². The third-order valence-corrected chi connectivity index (χ3v) is 12.0. The molecule has 0 spiro atoms. The Morgan fingerprint density at radius 1 is 1.19 bits per heavy atom. The summed E-state index contributed by atoms with van der Waals surface area (Å²) in [6, 6.07) is 0. The zero-order chi connectivity index (χ0) is 25.4. The maximum Gasteiger partial charge on any atom is 0.164 e. The molecule has 4 saturated carbocycles. The third-order valence-electron chi connectivity index (χ3n) is 11.1. The molecule has 36 heavy (non-hydrogen) atoms. The molecule has 1 heterocycles. The van der Waals surface area contributed by atoms with Gasteiger partial charge in [-0.05, 0) is 85.7 Å². The first-order valence-electron chi connectivity index (χ1n) is 13.9. The van der Waals surface area contributed by atoms with Crippen molar-refractivity contribution in [3.63, 3.8) is 0 Å². The van der Waals surface area contributed by atoms with Crippen molar-refractivity contribution in [1.82, 2.24) is 9.78 Å². The molecule has 6 rings (SSSR count). The summed E-state index contributed by atoms with van der Waals surface area (Å²) in [6.45, 7) is 4.69. The van der Waals surface area contributed by atoms with Gasteiger partial charge in [0.15, 0.2) is 5.78 Å². The second-order valence-corrected chi connectivity index (χ2v) is 13.7. The maximum absolute atomic E-state index is 13.9. The summed E-state index contributed by atoms with van der Waals surface area (Å²) in [5.41, 5.74) is 3.06. The largest absolute Gasteiger partial charge is 0.392 e. The fourth-order valence-corrected chi connectivity index (χ4v) is 10.1. The minimum Gasteiger partial charge on any atom is -0.392 e. The van der Waals surface area contributed by atoms with Crippen LogP contribution in [0.25, 0.3) is 6.08 Å². The van der Waals surface area contributed by atoms with E-state index in [1.54, 1.807) is 0 Å². The molecule has 3 unspecified atom stereocenters. The number of fused-ring (bicyclic) bond motifs is 6. The van der Waals surface area contributed by atoms with Crippen LogP contribution in [0.2, 0.25) is 0 Å². The van der Waals surface area contributed by atoms with E-state index in [-0.39, 0.29) is 34.7 Å². The van der Waals surface area contributed by atoms with Crippen LogP contribution >= 0.6 is 15.9 Å². The molecule has 0 aromatic carbocycles. The molecule has 6 nitrogen and oxygen atoms in total. The number of alkyl halides is 1. The average molecular weight is 560 g/mol. The van der Waals surface area contributed by atoms with Crippen molar-refractivity contribution in [1.29, 1.82) is 0 Å². The Hall–Kier alpha value is -1.31. The lowest BCUT2D eigenvalue weighted by Crippen LogP contribution is -2.56. The molecular weight excluding hydrogens is 520 g/mol. The summed E-state index contributed by atoms with van der Waals surface area (Å²) in [7, 11) is 0. The Bertz CT molecular complexity index is 1110. The van der Waals surface area contributed by atoms with Crippen molar-refractivity contribution in [2.75, 3.05) is 11.9 Å². The number of aliphatic hydroxyl groups is 2. The fraction of sp³-hybridized carbons (Fsp3) is 0.759. The number of ketones is 2. The van der Waals surface area contributed by atoms with Crippen LogP contribution in [0, 0.1) is 46.3 Å². The zero-order valence-electron chi connectivity index (χ0n) is 21.5. The lowest BCUT2D eigenvalue weighted by molar-refractivity contribution is -0.148. The molecular formula is C29H39BrN2O4. The van der Waals surface area contributed by atoms with Crippen LogP contribution in [0.4, 0.5) is 0 Å². The molecule has 9 atom stereocenters. The molecule has 0 aliphatic heterocycles. The van der Waals surface area contributed by atoms with Crippen LogP contribution in [0.3, 0.4) is 0 Å². The third kappa shape index (κ3) is 3.59. The Kier molecular flexibility index (Phi) is 6.16. The maximum atomic E-state index is 13.9. The van der Waals surface area contributed by atoms with E-state index in [1.165, 1.54) is 36.1 Å². The number of hydrogen-bond donors (Lipinski definition) is 2. The summed E-state index contributed by atoms with van der Waals surface area (Å²) in [5.74, 6) is 0.946. The molecule has 4 fully saturated rings. The van der Waals surface area contributed by atoms with Crippen LogP contribution in [-0.4, -0.2) is 49.6 Å². The van der Waals surface area contributed by atoms with Gasteiger partial charge in [-0.2, -0.15) is 5.10 Å². The van der Waals surface area contributed by atoms with E-state index in [0.717, 1.165) is 37.1 Å². The van der Waals surface area contributed by atoms with Gasteiger partial charge in [-0.1, -0.05) is 35.4 Å². The number of aromatic nitrogens is 2. The lowest BCUT2D eigenvalue weighted by Gasteiger charge is -2.56. The molecule has 2 N–H and O–H groups in total. The van der Waals surface area contributed by atoms with E-state index < -0.39 is 24.0 Å². The molecule has 196 valence electrons. The lowest BCUT2D eigenvalue weighted by atomic mass is 9.46. The van der Waals surface area contributed by atoms with Crippen LogP contribution < -0.4 is 0 Å². The summed E-state index contributed by atoms with van der Waals surface area (Å²) in [4.78, 5) is 26.5. The molecule has 0 saturated heterocycles. The van der Waals surface area contributed by atoms with Gasteiger partial charge in [-0.25, -0.2) is 0 Å².